The molecule has 0 saturated heterocycles. The molecule has 0 fully saturated rings. The molecule has 0 bridgehead atoms. The highest BCUT2D eigenvalue weighted by Gasteiger charge is 2.09. The molecule has 5 heteroatoms. The summed E-state index contributed by atoms with van der Waals surface area (Å²) in [6.45, 7) is 0. The fourth-order valence-corrected chi connectivity index (χ4v) is 2.59. The Balaban J connectivity index is 1.85. The number of phenolic OH excluding ortho intramolecular Hbond substituents is 1. The standard InChI is InChI=1S/C21H17ClN2O2/c22-18-10-6-16(7-11-18)21(17-8-12-19(25)13-9-17)24-23-20(26)14-15-4-2-1-3-5-15/h1-13,25H,14H2,(H,23,26)/b24-21-. The Labute approximate surface area is 156 Å². The summed E-state index contributed by atoms with van der Waals surface area (Å²) in [5.41, 5.74) is 5.69. The molecule has 4 nitrogen and oxygen atoms in total. The molecule has 0 aliphatic carbocycles. The summed E-state index contributed by atoms with van der Waals surface area (Å²) in [6.07, 6.45) is 0.244. The molecule has 0 aliphatic rings. The molecule has 130 valence electrons. The van der Waals surface area contributed by atoms with Crippen LogP contribution in [0.1, 0.15) is 16.7 Å². The number of carbonyl (C=O) groups excluding carboxylic acids is 1. The number of hydrogen-bond acceptors (Lipinski definition) is 3. The normalized spacial score (nSPS) is 11.2. The second-order valence-corrected chi connectivity index (χ2v) is 6.15. The number of nitrogens with zero attached hydrogens (tertiary/aromatic N) is 1. The van der Waals surface area contributed by atoms with E-state index < -0.39 is 0 Å². The third-order valence-electron chi connectivity index (χ3n) is 3.76. The number of aromatic hydroxyl groups is 1. The minimum absolute atomic E-state index is 0.164. The van der Waals surface area contributed by atoms with Gasteiger partial charge in [-0.25, -0.2) is 5.43 Å². The number of hydrogen-bond donors (Lipinski definition) is 2. The van der Waals surface area contributed by atoms with Crippen LogP contribution >= 0.6 is 11.6 Å². The molecular weight excluding hydrogens is 348 g/mol. The lowest BCUT2D eigenvalue weighted by Gasteiger charge is -2.09. The van der Waals surface area contributed by atoms with Gasteiger partial charge in [0, 0.05) is 16.1 Å². The SMILES string of the molecule is O=C(Cc1ccccc1)N/N=C(\c1ccc(O)cc1)c1ccc(Cl)cc1. The van der Waals surface area contributed by atoms with E-state index in [1.54, 1.807) is 36.4 Å². The minimum atomic E-state index is -0.207. The lowest BCUT2D eigenvalue weighted by Crippen LogP contribution is -2.22. The average molecular weight is 365 g/mol. The average Bonchev–Trinajstić information content (AvgIpc) is 2.65. The van der Waals surface area contributed by atoms with Crippen LogP contribution in [-0.4, -0.2) is 16.7 Å². The van der Waals surface area contributed by atoms with Gasteiger partial charge in [0.2, 0.25) is 5.91 Å². The number of nitrogens with one attached hydrogen (secondary N) is 1. The van der Waals surface area contributed by atoms with Crippen LogP contribution in [-0.2, 0) is 11.2 Å². The van der Waals surface area contributed by atoms with Gasteiger partial charge in [0.05, 0.1) is 12.1 Å². The van der Waals surface area contributed by atoms with Crippen molar-refractivity contribution in [1.29, 1.82) is 0 Å². The number of phenols is 1. The minimum Gasteiger partial charge on any atom is -0.508 e. The molecule has 0 unspecified atom stereocenters. The highest BCUT2D eigenvalue weighted by molar-refractivity contribution is 6.30. The number of benzene rings is 3. The Morgan fingerprint density at radius 2 is 1.46 bits per heavy atom. The monoisotopic (exact) mass is 364 g/mol. The maximum absolute atomic E-state index is 12.2. The molecule has 1 amide bonds. The first-order valence-corrected chi connectivity index (χ1v) is 8.45. The molecule has 0 aromatic heterocycles. The van der Waals surface area contributed by atoms with Crippen LogP contribution in [0.25, 0.3) is 0 Å². The molecule has 26 heavy (non-hydrogen) atoms. The van der Waals surface area contributed by atoms with Gasteiger partial charge in [-0.05, 0) is 42.0 Å². The number of halogens is 1. The molecular formula is C21H17ClN2O2. The largest absolute Gasteiger partial charge is 0.508 e. The molecule has 0 spiro atoms. The van der Waals surface area contributed by atoms with Crippen LogP contribution < -0.4 is 5.43 Å². The summed E-state index contributed by atoms with van der Waals surface area (Å²) in [7, 11) is 0. The third-order valence-corrected chi connectivity index (χ3v) is 4.01. The van der Waals surface area contributed by atoms with E-state index in [1.807, 2.05) is 42.5 Å². The van der Waals surface area contributed by atoms with Gasteiger partial charge in [0.25, 0.3) is 0 Å². The van der Waals surface area contributed by atoms with Gasteiger partial charge in [0.1, 0.15) is 5.75 Å². The second-order valence-electron chi connectivity index (χ2n) is 5.71. The smallest absolute Gasteiger partial charge is 0.244 e. The van der Waals surface area contributed by atoms with E-state index in [1.165, 1.54) is 0 Å². The van der Waals surface area contributed by atoms with Gasteiger partial charge >= 0.3 is 0 Å². The number of rotatable bonds is 5. The number of carbonyl (C=O) groups is 1. The van der Waals surface area contributed by atoms with Crippen molar-refractivity contribution >= 4 is 23.2 Å². The van der Waals surface area contributed by atoms with Crippen LogP contribution in [0.4, 0.5) is 0 Å². The predicted octanol–water partition coefficient (Wildman–Crippen LogP) is 4.16. The number of hydrazone groups is 1. The van der Waals surface area contributed by atoms with E-state index >= 15 is 0 Å². The van der Waals surface area contributed by atoms with Gasteiger partial charge in [-0.2, -0.15) is 5.10 Å². The zero-order chi connectivity index (χ0) is 18.4. The molecule has 0 atom stereocenters. The van der Waals surface area contributed by atoms with Crippen molar-refractivity contribution in [3.05, 3.63) is 101 Å². The van der Waals surface area contributed by atoms with E-state index in [2.05, 4.69) is 10.5 Å². The second kappa shape index (κ2) is 8.32. The fourth-order valence-electron chi connectivity index (χ4n) is 2.46. The van der Waals surface area contributed by atoms with Gasteiger partial charge < -0.3 is 5.11 Å². The third kappa shape index (κ3) is 4.71. The summed E-state index contributed by atoms with van der Waals surface area (Å²) in [4.78, 5) is 12.2. The zero-order valence-electron chi connectivity index (χ0n) is 13.9. The van der Waals surface area contributed by atoms with Crippen molar-refractivity contribution in [3.63, 3.8) is 0 Å². The Hall–Kier alpha value is -3.11. The highest BCUT2D eigenvalue weighted by Crippen LogP contribution is 2.17. The Bertz CT molecular complexity index is 858. The summed E-state index contributed by atoms with van der Waals surface area (Å²) in [5, 5.41) is 14.4. The lowest BCUT2D eigenvalue weighted by atomic mass is 10.0. The van der Waals surface area contributed by atoms with Crippen molar-refractivity contribution in [1.82, 2.24) is 5.43 Å². The molecule has 3 aromatic carbocycles. The topological polar surface area (TPSA) is 61.7 Å². The van der Waals surface area contributed by atoms with Crippen LogP contribution in [0.5, 0.6) is 5.75 Å². The van der Waals surface area contributed by atoms with Crippen molar-refractivity contribution in [2.75, 3.05) is 0 Å². The first kappa shape index (κ1) is 17.7. The molecule has 3 rings (SSSR count). The Morgan fingerprint density at radius 1 is 0.885 bits per heavy atom. The Morgan fingerprint density at radius 3 is 2.08 bits per heavy atom. The van der Waals surface area contributed by atoms with Crippen molar-refractivity contribution in [3.8, 4) is 5.75 Å². The van der Waals surface area contributed by atoms with Gasteiger partial charge in [-0.3, -0.25) is 4.79 Å². The van der Waals surface area contributed by atoms with Gasteiger partial charge in [0.15, 0.2) is 0 Å². The molecule has 3 aromatic rings. The summed E-state index contributed by atoms with van der Waals surface area (Å²) in [6, 6.07) is 23.3. The maximum Gasteiger partial charge on any atom is 0.244 e. The van der Waals surface area contributed by atoms with Gasteiger partial charge in [-0.15, -0.1) is 0 Å². The molecule has 0 radical (unpaired) electrons. The summed E-state index contributed by atoms with van der Waals surface area (Å²) < 4.78 is 0. The van der Waals surface area contributed by atoms with Crippen LogP contribution in [0.15, 0.2) is 84.0 Å². The highest BCUT2D eigenvalue weighted by atomic mass is 35.5. The lowest BCUT2D eigenvalue weighted by molar-refractivity contribution is -0.120. The van der Waals surface area contributed by atoms with E-state index in [0.29, 0.717) is 10.7 Å². The van der Waals surface area contributed by atoms with Crippen molar-refractivity contribution in [2.45, 2.75) is 6.42 Å². The van der Waals surface area contributed by atoms with Crippen molar-refractivity contribution in [2.24, 2.45) is 5.10 Å². The molecule has 0 aliphatic heterocycles. The quantitative estimate of drug-likeness (QED) is 0.527. The number of amides is 1. The fraction of sp³-hybridized carbons (Fsp3) is 0.0476. The summed E-state index contributed by atoms with van der Waals surface area (Å²) in [5.74, 6) is -0.0428. The van der Waals surface area contributed by atoms with E-state index in [0.717, 1.165) is 16.7 Å². The Kier molecular flexibility index (Phi) is 5.66. The van der Waals surface area contributed by atoms with Crippen LogP contribution in [0.2, 0.25) is 5.02 Å². The molecule has 2 N–H and O–H groups in total. The van der Waals surface area contributed by atoms with E-state index in [-0.39, 0.29) is 18.1 Å². The predicted molar refractivity (Wildman–Crippen MR) is 103 cm³/mol. The van der Waals surface area contributed by atoms with Crippen LogP contribution in [0.3, 0.4) is 0 Å². The maximum atomic E-state index is 12.2. The van der Waals surface area contributed by atoms with E-state index in [4.69, 9.17) is 11.6 Å². The van der Waals surface area contributed by atoms with Gasteiger partial charge in [-0.1, -0.05) is 54.1 Å². The first-order valence-electron chi connectivity index (χ1n) is 8.07. The van der Waals surface area contributed by atoms with Crippen LogP contribution in [0, 0.1) is 0 Å². The van der Waals surface area contributed by atoms with Crippen molar-refractivity contribution < 1.29 is 9.90 Å². The zero-order valence-corrected chi connectivity index (χ0v) is 14.6. The molecule has 0 heterocycles. The summed E-state index contributed by atoms with van der Waals surface area (Å²) >= 11 is 5.96. The molecule has 0 saturated carbocycles. The van der Waals surface area contributed by atoms with E-state index in [9.17, 15) is 9.90 Å². The first-order chi connectivity index (χ1) is 12.6.